The molecular weight excluding hydrogens is 1130 g/mol. The van der Waals surface area contributed by atoms with Crippen molar-refractivity contribution in [2.45, 2.75) is 167 Å². The summed E-state index contributed by atoms with van der Waals surface area (Å²) >= 11 is 0. The van der Waals surface area contributed by atoms with Crippen LogP contribution in [0.4, 0.5) is 0 Å². The van der Waals surface area contributed by atoms with Gasteiger partial charge in [0.15, 0.2) is 17.9 Å². The second kappa shape index (κ2) is 39.0. The van der Waals surface area contributed by atoms with E-state index in [4.69, 9.17) is 39.2 Å². The zero-order valence-electron chi connectivity index (χ0n) is 50.8. The predicted molar refractivity (Wildman–Crippen MR) is 324 cm³/mol. The minimum Gasteiger partial charge on any atom is -0.508 e. The number of aliphatic hydroxyl groups is 1. The highest BCUT2D eigenvalue weighted by Gasteiger charge is 2.36. The van der Waals surface area contributed by atoms with Crippen molar-refractivity contribution < 1.29 is 53.4 Å². The number of carbonyl (C=O) groups is 9. The number of rotatable bonds is 41. The number of amides is 9. The summed E-state index contributed by atoms with van der Waals surface area (Å²) in [6.07, 6.45) is 3.53. The third-order valence-electron chi connectivity index (χ3n) is 13.8. The summed E-state index contributed by atoms with van der Waals surface area (Å²) in [5, 5.41) is 74.9. The van der Waals surface area contributed by atoms with E-state index in [-0.39, 0.29) is 125 Å². The third-order valence-corrected chi connectivity index (χ3v) is 13.8. The van der Waals surface area contributed by atoms with Crippen molar-refractivity contribution >= 4 is 71.0 Å². The molecule has 26 N–H and O–H groups in total. The number of phenolic OH excluding ortho intramolecular Hbond substituents is 1. The number of nitrogens with two attached hydrogens (primary N) is 4. The number of benzene rings is 1. The molecule has 0 saturated carbocycles. The van der Waals surface area contributed by atoms with E-state index in [1.54, 1.807) is 60.7 Å². The maximum atomic E-state index is 14.7. The lowest BCUT2D eigenvalue weighted by molar-refractivity contribution is -0.136. The molecule has 2 rings (SSSR count). The molecule has 0 spiro atoms. The number of nitrogens with one attached hydrogen (secondary N) is 16. The highest BCUT2D eigenvalue weighted by Crippen LogP contribution is 2.15. The number of aromatic nitrogens is 2. The van der Waals surface area contributed by atoms with E-state index in [1.807, 2.05) is 0 Å². The molecule has 1 aromatic carbocycles. The molecule has 32 nitrogen and oxygen atoms in total. The molecule has 0 saturated heterocycles. The maximum Gasteiger partial charge on any atom is 0.245 e. The molecule has 0 fully saturated rings. The second-order valence-corrected chi connectivity index (χ2v) is 22.1. The van der Waals surface area contributed by atoms with Gasteiger partial charge in [-0.05, 0) is 100 Å². The van der Waals surface area contributed by atoms with Crippen LogP contribution in [0.3, 0.4) is 0 Å². The van der Waals surface area contributed by atoms with Gasteiger partial charge in [-0.2, -0.15) is 0 Å². The first-order valence-electron chi connectivity index (χ1n) is 29.1. The van der Waals surface area contributed by atoms with E-state index in [0.29, 0.717) is 17.7 Å². The van der Waals surface area contributed by atoms with Gasteiger partial charge in [0.2, 0.25) is 53.2 Å². The summed E-state index contributed by atoms with van der Waals surface area (Å²) in [6, 6.07) is -5.53. The zero-order chi connectivity index (χ0) is 65.3. The Morgan fingerprint density at radius 3 is 1.25 bits per heavy atom. The minimum absolute atomic E-state index is 0.00233. The van der Waals surface area contributed by atoms with Crippen molar-refractivity contribution in [3.8, 4) is 5.75 Å². The number of aromatic amines is 1. The summed E-state index contributed by atoms with van der Waals surface area (Å²) in [5.74, 6) is -9.24. The molecule has 2 aromatic rings. The van der Waals surface area contributed by atoms with Crippen molar-refractivity contribution in [1.82, 2.24) is 73.8 Å². The fourth-order valence-corrected chi connectivity index (χ4v) is 8.90. The Bertz CT molecular complexity index is 2570. The first-order chi connectivity index (χ1) is 41.1. The molecule has 1 aromatic heterocycles. The molecule has 0 aliphatic rings. The van der Waals surface area contributed by atoms with Crippen molar-refractivity contribution in [2.24, 2.45) is 40.7 Å². The van der Waals surface area contributed by atoms with E-state index in [9.17, 15) is 53.4 Å². The van der Waals surface area contributed by atoms with Crippen LogP contribution in [0.2, 0.25) is 0 Å². The standard InChI is InChI=1S/C55H95N21O11/c1-8-31(6)43(44(56)79)76-52(87)42(27-77)75-50(85)40(23-30(4)5)73-49(84)39(22-29(2)3)72-46(81)36(13-10-20-66-54(59)60)69-45(80)35(12-9-19-65-53(57)58)71-51(86)41(25-33-26-64-28-68-33)74-47(82)37(14-11-21-67-55(61)62)70-48(83)38(63-7)24-32-15-17-34(78)18-16-32/h15-18,26,28-31,35-43,63,77-78H,8-14,19-25,27H2,1-7H3,(H2,56,79)(H,64,68)(H,69,80)(H,70,83)(H,71,86)(H,72,81)(H,73,84)(H,74,82)(H,75,85)(H,76,87)(H4,57,58,65)(H4,59,60,66)(H4,61,62,67)/t31-,35-,36-,37-,38-,39-,40-,41-,42+,43-/m0/s1. The average Bonchev–Trinajstić information content (AvgIpc) is 4.14. The van der Waals surface area contributed by atoms with Gasteiger partial charge in [0.1, 0.15) is 54.1 Å². The van der Waals surface area contributed by atoms with Crippen LogP contribution in [0.1, 0.15) is 111 Å². The van der Waals surface area contributed by atoms with E-state index in [1.165, 1.54) is 24.7 Å². The zero-order valence-corrected chi connectivity index (χ0v) is 50.8. The van der Waals surface area contributed by atoms with Gasteiger partial charge in [0, 0.05) is 32.3 Å². The van der Waals surface area contributed by atoms with Crippen LogP contribution in [-0.2, 0) is 56.0 Å². The molecule has 0 aliphatic carbocycles. The number of carbonyl (C=O) groups excluding carboxylic acids is 9. The number of phenols is 1. The molecule has 0 aliphatic heterocycles. The van der Waals surface area contributed by atoms with E-state index in [2.05, 4.69) is 73.8 Å². The van der Waals surface area contributed by atoms with Crippen molar-refractivity contribution in [3.05, 3.63) is 48.0 Å². The predicted octanol–water partition coefficient (Wildman–Crippen LogP) is -4.23. The Hall–Kier alpha value is -8.81. The van der Waals surface area contributed by atoms with Crippen LogP contribution in [0, 0.1) is 34.0 Å². The number of guanidine groups is 3. The summed E-state index contributed by atoms with van der Waals surface area (Å²) in [7, 11) is 1.56. The Kier molecular flexibility index (Phi) is 33.3. The van der Waals surface area contributed by atoms with Gasteiger partial charge in [-0.15, -0.1) is 0 Å². The highest BCUT2D eigenvalue weighted by atomic mass is 16.3. The first-order valence-corrected chi connectivity index (χ1v) is 29.1. The topological polar surface area (TPSA) is 543 Å². The van der Waals surface area contributed by atoms with Crippen LogP contribution >= 0.6 is 0 Å². The van der Waals surface area contributed by atoms with Gasteiger partial charge in [-0.25, -0.2) is 4.98 Å². The number of aliphatic hydroxyl groups excluding tert-OH is 1. The smallest absolute Gasteiger partial charge is 0.245 e. The SMILES string of the molecule is CC[C@H](C)[C@H](NC(=O)[C@@H](CO)NC(=O)[C@H](CC(C)C)NC(=O)[C@H](CC(C)C)NC(=O)[C@H](CCCNC(=N)N)NC(=O)[C@H](CCCNC(=N)N)NC(=O)[C@H](Cc1c[nH]cn1)NC(=O)[C@H](CCCNC(=N)N)NC(=O)[C@H](Cc1ccc(O)cc1)NC)C(N)=O. The van der Waals surface area contributed by atoms with E-state index in [0.717, 1.165) is 0 Å². The third kappa shape index (κ3) is 28.8. The number of nitrogens with zero attached hydrogens (tertiary/aromatic N) is 1. The van der Waals surface area contributed by atoms with Gasteiger partial charge in [0.05, 0.1) is 24.7 Å². The van der Waals surface area contributed by atoms with Crippen LogP contribution < -0.4 is 86.7 Å². The van der Waals surface area contributed by atoms with E-state index >= 15 is 0 Å². The Labute approximate surface area is 507 Å². The Balaban J connectivity index is 2.56. The normalized spacial score (nSPS) is 14.6. The molecule has 1 heterocycles. The van der Waals surface area contributed by atoms with Crippen molar-refractivity contribution in [1.29, 1.82) is 16.2 Å². The van der Waals surface area contributed by atoms with Gasteiger partial charge >= 0.3 is 0 Å². The molecule has 486 valence electrons. The molecule has 0 bridgehead atoms. The molecule has 32 heteroatoms. The second-order valence-electron chi connectivity index (χ2n) is 22.1. The molecule has 0 radical (unpaired) electrons. The summed E-state index contributed by atoms with van der Waals surface area (Å²) in [4.78, 5) is 133. The van der Waals surface area contributed by atoms with Crippen molar-refractivity contribution in [2.75, 3.05) is 33.3 Å². The number of likely N-dealkylation sites (N-methyl/N-ethyl adjacent to an activating group) is 1. The molecule has 9 amide bonds. The quantitative estimate of drug-likeness (QED) is 0.0170. The fourth-order valence-electron chi connectivity index (χ4n) is 8.90. The largest absolute Gasteiger partial charge is 0.508 e. The molecule has 0 unspecified atom stereocenters. The fraction of sp³-hybridized carbons (Fsp3) is 0.618. The molecule has 87 heavy (non-hydrogen) atoms. The van der Waals surface area contributed by atoms with Gasteiger partial charge in [0.25, 0.3) is 0 Å². The summed E-state index contributed by atoms with van der Waals surface area (Å²) < 4.78 is 0. The number of hydrogen-bond acceptors (Lipinski definition) is 16. The van der Waals surface area contributed by atoms with Crippen LogP contribution in [-0.4, -0.2) is 179 Å². The maximum absolute atomic E-state index is 14.7. The number of hydrogen-bond donors (Lipinski definition) is 22. The van der Waals surface area contributed by atoms with Crippen LogP contribution in [0.25, 0.3) is 0 Å². The van der Waals surface area contributed by atoms with E-state index < -0.39 is 114 Å². The number of imidazole rings is 1. The van der Waals surface area contributed by atoms with Gasteiger partial charge in [-0.1, -0.05) is 60.1 Å². The lowest BCUT2D eigenvalue weighted by Gasteiger charge is -2.29. The van der Waals surface area contributed by atoms with Crippen LogP contribution in [0.5, 0.6) is 5.75 Å². The van der Waals surface area contributed by atoms with Crippen LogP contribution in [0.15, 0.2) is 36.8 Å². The lowest BCUT2D eigenvalue weighted by atomic mass is 9.98. The monoisotopic (exact) mass is 1230 g/mol. The Morgan fingerprint density at radius 2 is 0.897 bits per heavy atom. The Morgan fingerprint density at radius 1 is 0.529 bits per heavy atom. The number of H-pyrrole nitrogens is 1. The van der Waals surface area contributed by atoms with Gasteiger partial charge < -0.3 is 102 Å². The first kappa shape index (κ1) is 74.3. The number of aromatic hydroxyl groups is 1. The summed E-state index contributed by atoms with van der Waals surface area (Å²) in [6.45, 7) is 10.0. The van der Waals surface area contributed by atoms with Gasteiger partial charge in [-0.3, -0.25) is 59.4 Å². The number of primary amides is 1. The molecule has 10 atom stereocenters. The average molecular weight is 1230 g/mol. The minimum atomic E-state index is -1.55. The molecular formula is C55H95N21O11. The highest BCUT2D eigenvalue weighted by molar-refractivity contribution is 5.98. The van der Waals surface area contributed by atoms with Crippen molar-refractivity contribution in [3.63, 3.8) is 0 Å². The summed E-state index contributed by atoms with van der Waals surface area (Å²) in [5.41, 5.74) is 23.1. The lowest BCUT2D eigenvalue weighted by Crippen LogP contribution is -2.61.